The number of rotatable bonds is 4. The molecule has 7 heteroatoms. The Labute approximate surface area is 122 Å². The van der Waals surface area contributed by atoms with Crippen molar-refractivity contribution in [2.45, 2.75) is 17.4 Å². The molecule has 0 amide bonds. The van der Waals surface area contributed by atoms with Crippen LogP contribution in [0.3, 0.4) is 0 Å². The van der Waals surface area contributed by atoms with Gasteiger partial charge in [0.1, 0.15) is 0 Å². The van der Waals surface area contributed by atoms with Crippen LogP contribution in [0.4, 0.5) is 5.69 Å². The molecule has 1 heterocycles. The molecule has 0 aromatic heterocycles. The fourth-order valence-corrected chi connectivity index (χ4v) is 4.27. The summed E-state index contributed by atoms with van der Waals surface area (Å²) in [6.07, 6.45) is 0.824. The molecule has 1 saturated heterocycles. The first-order valence-electron chi connectivity index (χ1n) is 6.10. The quantitative estimate of drug-likeness (QED) is 0.857. The highest BCUT2D eigenvalue weighted by atomic mass is 79.9. The monoisotopic (exact) mass is 347 g/mol. The van der Waals surface area contributed by atoms with Crippen molar-refractivity contribution in [3.05, 3.63) is 22.7 Å². The molecule has 1 aromatic rings. The highest BCUT2D eigenvalue weighted by Gasteiger charge is 2.24. The third-order valence-electron chi connectivity index (χ3n) is 3.10. The van der Waals surface area contributed by atoms with E-state index in [-0.39, 0.29) is 10.9 Å². The smallest absolute Gasteiger partial charge is 0.242 e. The molecule has 0 spiro atoms. The maximum Gasteiger partial charge on any atom is 0.242 e. The van der Waals surface area contributed by atoms with Gasteiger partial charge in [0.05, 0.1) is 4.90 Å². The van der Waals surface area contributed by atoms with Crippen LogP contribution in [0.5, 0.6) is 0 Å². The molecule has 5 nitrogen and oxygen atoms in total. The van der Waals surface area contributed by atoms with Gasteiger partial charge in [-0.1, -0.05) is 0 Å². The largest absolute Gasteiger partial charge is 0.378 e. The van der Waals surface area contributed by atoms with Gasteiger partial charge in [-0.25, -0.2) is 13.1 Å². The second-order valence-electron chi connectivity index (χ2n) is 4.82. The molecule has 0 radical (unpaired) electrons. The number of nitrogens with one attached hydrogen (secondary N) is 2. The summed E-state index contributed by atoms with van der Waals surface area (Å²) in [5, 5.41) is 3.14. The van der Waals surface area contributed by atoms with Gasteiger partial charge in [0, 0.05) is 36.8 Å². The number of hydrogen-bond acceptors (Lipinski definition) is 4. The zero-order chi connectivity index (χ0) is 14.0. The number of nitrogens with zero attached hydrogens (tertiary/aromatic N) is 1. The minimum Gasteiger partial charge on any atom is -0.378 e. The van der Waals surface area contributed by atoms with Crippen molar-refractivity contribution < 1.29 is 8.42 Å². The van der Waals surface area contributed by atoms with Crippen LogP contribution < -0.4 is 14.9 Å². The van der Waals surface area contributed by atoms with Gasteiger partial charge in [0.25, 0.3) is 0 Å². The van der Waals surface area contributed by atoms with E-state index >= 15 is 0 Å². The molecule has 1 aromatic carbocycles. The van der Waals surface area contributed by atoms with Crippen molar-refractivity contribution in [3.63, 3.8) is 0 Å². The fraction of sp³-hybridized carbons (Fsp3) is 0.500. The second kappa shape index (κ2) is 5.78. The van der Waals surface area contributed by atoms with E-state index in [0.29, 0.717) is 11.0 Å². The zero-order valence-electron chi connectivity index (χ0n) is 11.0. The summed E-state index contributed by atoms with van der Waals surface area (Å²) in [5.74, 6) is 0. The van der Waals surface area contributed by atoms with Crippen LogP contribution in [0, 0.1) is 0 Å². The Bertz CT molecular complexity index is 554. The molecule has 1 aliphatic rings. The molecule has 1 fully saturated rings. The minimum absolute atomic E-state index is 0.0279. The van der Waals surface area contributed by atoms with Crippen molar-refractivity contribution in [2.24, 2.45) is 0 Å². The van der Waals surface area contributed by atoms with Crippen LogP contribution in [0.1, 0.15) is 6.42 Å². The number of sulfonamides is 1. The van der Waals surface area contributed by atoms with Crippen LogP contribution in [0.15, 0.2) is 27.6 Å². The third kappa shape index (κ3) is 3.47. The molecular formula is C12H18BrN3O2S. The Morgan fingerprint density at radius 2 is 2.16 bits per heavy atom. The lowest BCUT2D eigenvalue weighted by atomic mass is 10.3. The summed E-state index contributed by atoms with van der Waals surface area (Å²) >= 11 is 3.31. The van der Waals surface area contributed by atoms with Crippen LogP contribution in [-0.2, 0) is 10.0 Å². The van der Waals surface area contributed by atoms with Gasteiger partial charge in [-0.15, -0.1) is 0 Å². The maximum atomic E-state index is 12.4. The fourth-order valence-electron chi connectivity index (χ4n) is 2.01. The van der Waals surface area contributed by atoms with Gasteiger partial charge in [-0.05, 0) is 47.1 Å². The molecular weight excluding hydrogens is 330 g/mol. The average molecular weight is 348 g/mol. The summed E-state index contributed by atoms with van der Waals surface area (Å²) in [7, 11) is 0.272. The van der Waals surface area contributed by atoms with E-state index in [4.69, 9.17) is 0 Å². The standard InChI is InChI=1S/C12H18BrN3O2S/c1-16(2)10-3-4-11(13)12(7-10)19(17,18)15-9-5-6-14-8-9/h3-4,7,9,14-15H,5-6,8H2,1-2H3. The molecule has 1 atom stereocenters. The first-order valence-corrected chi connectivity index (χ1v) is 8.38. The number of halogens is 1. The van der Waals surface area contributed by atoms with Crippen LogP contribution in [0.25, 0.3) is 0 Å². The summed E-state index contributed by atoms with van der Waals surface area (Å²) in [6, 6.07) is 5.28. The van der Waals surface area contributed by atoms with Crippen molar-refractivity contribution in [1.82, 2.24) is 10.0 Å². The highest BCUT2D eigenvalue weighted by molar-refractivity contribution is 9.10. The number of benzene rings is 1. The van der Waals surface area contributed by atoms with E-state index < -0.39 is 10.0 Å². The van der Waals surface area contributed by atoms with Crippen LogP contribution >= 0.6 is 15.9 Å². The average Bonchev–Trinajstić information content (AvgIpc) is 2.81. The van der Waals surface area contributed by atoms with E-state index in [2.05, 4.69) is 26.0 Å². The Hall–Kier alpha value is -0.630. The van der Waals surface area contributed by atoms with Gasteiger partial charge < -0.3 is 10.2 Å². The lowest BCUT2D eigenvalue weighted by molar-refractivity contribution is 0.559. The SMILES string of the molecule is CN(C)c1ccc(Br)c(S(=O)(=O)NC2CCNC2)c1. The van der Waals surface area contributed by atoms with Crippen LogP contribution in [-0.4, -0.2) is 41.6 Å². The molecule has 2 N–H and O–H groups in total. The second-order valence-corrected chi connectivity index (χ2v) is 7.36. The summed E-state index contributed by atoms with van der Waals surface area (Å²) in [6.45, 7) is 1.54. The van der Waals surface area contributed by atoms with E-state index in [0.717, 1.165) is 18.7 Å². The normalized spacial score (nSPS) is 19.6. The Balaban J connectivity index is 2.30. The summed E-state index contributed by atoms with van der Waals surface area (Å²) in [4.78, 5) is 2.16. The zero-order valence-corrected chi connectivity index (χ0v) is 13.4. The summed E-state index contributed by atoms with van der Waals surface area (Å²) < 4.78 is 28.1. The van der Waals surface area contributed by atoms with Gasteiger partial charge in [0.2, 0.25) is 10.0 Å². The molecule has 106 valence electrons. The number of hydrogen-bond donors (Lipinski definition) is 2. The van der Waals surface area contributed by atoms with Crippen molar-refractivity contribution in [3.8, 4) is 0 Å². The van der Waals surface area contributed by atoms with E-state index in [1.54, 1.807) is 12.1 Å². The van der Waals surface area contributed by atoms with Crippen molar-refractivity contribution in [1.29, 1.82) is 0 Å². The van der Waals surface area contributed by atoms with Crippen molar-refractivity contribution in [2.75, 3.05) is 32.1 Å². The molecule has 2 rings (SSSR count). The van der Waals surface area contributed by atoms with Gasteiger partial charge in [0.15, 0.2) is 0 Å². The molecule has 1 unspecified atom stereocenters. The maximum absolute atomic E-state index is 12.4. The first kappa shape index (κ1) is 14.8. The lowest BCUT2D eigenvalue weighted by Gasteiger charge is -2.17. The lowest BCUT2D eigenvalue weighted by Crippen LogP contribution is -2.36. The molecule has 0 bridgehead atoms. The predicted octanol–water partition coefficient (Wildman–Crippen LogP) is 1.16. The van der Waals surface area contributed by atoms with Gasteiger partial charge in [-0.2, -0.15) is 0 Å². The third-order valence-corrected chi connectivity index (χ3v) is 5.62. The van der Waals surface area contributed by atoms with Crippen LogP contribution in [0.2, 0.25) is 0 Å². The molecule has 0 saturated carbocycles. The highest BCUT2D eigenvalue weighted by Crippen LogP contribution is 2.26. The summed E-state index contributed by atoms with van der Waals surface area (Å²) in [5.41, 5.74) is 0.855. The molecule has 1 aliphatic heterocycles. The topological polar surface area (TPSA) is 61.4 Å². The van der Waals surface area contributed by atoms with Gasteiger partial charge in [-0.3, -0.25) is 0 Å². The molecule has 19 heavy (non-hydrogen) atoms. The van der Waals surface area contributed by atoms with E-state index in [1.165, 1.54) is 0 Å². The minimum atomic E-state index is -3.49. The number of anilines is 1. The van der Waals surface area contributed by atoms with Crippen molar-refractivity contribution >= 4 is 31.6 Å². The first-order chi connectivity index (χ1) is 8.90. The molecule has 0 aliphatic carbocycles. The van der Waals surface area contributed by atoms with E-state index in [9.17, 15) is 8.42 Å². The Morgan fingerprint density at radius 3 is 2.74 bits per heavy atom. The van der Waals surface area contributed by atoms with Gasteiger partial charge >= 0.3 is 0 Å². The Morgan fingerprint density at radius 1 is 1.42 bits per heavy atom. The predicted molar refractivity (Wildman–Crippen MR) is 80.1 cm³/mol. The Kier molecular flexibility index (Phi) is 4.50. The van der Waals surface area contributed by atoms with E-state index in [1.807, 2.05) is 25.1 Å².